The van der Waals surface area contributed by atoms with Gasteiger partial charge in [-0.1, -0.05) is 6.92 Å². The third-order valence-electron chi connectivity index (χ3n) is 2.69. The molecule has 1 rings (SSSR count). The van der Waals surface area contributed by atoms with Crippen LogP contribution in [-0.4, -0.2) is 44.6 Å². The molecule has 0 bridgehead atoms. The second-order valence-electron chi connectivity index (χ2n) is 4.30. The van der Waals surface area contributed by atoms with Crippen molar-refractivity contribution in [2.75, 3.05) is 19.3 Å². The number of likely N-dealkylation sites (tertiary alicyclic amines) is 1. The van der Waals surface area contributed by atoms with Crippen molar-refractivity contribution in [2.24, 2.45) is 0 Å². The molecule has 0 radical (unpaired) electrons. The van der Waals surface area contributed by atoms with Gasteiger partial charge < -0.3 is 4.90 Å². The highest BCUT2D eigenvalue weighted by Crippen LogP contribution is 2.12. The normalized spacial score (nSPS) is 18.8. The Morgan fingerprint density at radius 3 is 2.38 bits per heavy atom. The van der Waals surface area contributed by atoms with Gasteiger partial charge in [-0.05, 0) is 19.3 Å². The van der Waals surface area contributed by atoms with E-state index < -0.39 is 10.0 Å². The summed E-state index contributed by atoms with van der Waals surface area (Å²) in [5, 5.41) is 0. The molecule has 1 aliphatic heterocycles. The Kier molecular flexibility index (Phi) is 4.73. The van der Waals surface area contributed by atoms with Crippen molar-refractivity contribution in [3.05, 3.63) is 0 Å². The minimum atomic E-state index is -3.13. The molecule has 94 valence electrons. The number of rotatable bonds is 4. The van der Waals surface area contributed by atoms with Gasteiger partial charge in [0.1, 0.15) is 0 Å². The van der Waals surface area contributed by atoms with E-state index in [1.54, 1.807) is 0 Å². The van der Waals surface area contributed by atoms with Gasteiger partial charge in [0.05, 0.1) is 6.26 Å². The van der Waals surface area contributed by atoms with Gasteiger partial charge in [0.2, 0.25) is 15.9 Å². The molecule has 6 heteroatoms. The number of amides is 1. The average molecular weight is 248 g/mol. The maximum atomic E-state index is 11.6. The van der Waals surface area contributed by atoms with Crippen molar-refractivity contribution in [3.63, 3.8) is 0 Å². The molecule has 0 saturated carbocycles. The van der Waals surface area contributed by atoms with Gasteiger partial charge in [-0.15, -0.1) is 0 Å². The molecule has 1 amide bonds. The van der Waals surface area contributed by atoms with E-state index >= 15 is 0 Å². The number of sulfonamides is 1. The monoisotopic (exact) mass is 248 g/mol. The molecule has 0 spiro atoms. The fourth-order valence-electron chi connectivity index (χ4n) is 1.92. The Balaban J connectivity index is 2.37. The number of carbonyl (C=O) groups excluding carboxylic acids is 1. The fourth-order valence-corrected chi connectivity index (χ4v) is 2.76. The Hall–Kier alpha value is -0.620. The lowest BCUT2D eigenvalue weighted by Gasteiger charge is -2.32. The summed E-state index contributed by atoms with van der Waals surface area (Å²) < 4.78 is 24.6. The average Bonchev–Trinajstić information content (AvgIpc) is 2.16. The second-order valence-corrected chi connectivity index (χ2v) is 6.08. The van der Waals surface area contributed by atoms with Gasteiger partial charge in [-0.25, -0.2) is 13.1 Å². The first-order chi connectivity index (χ1) is 7.42. The van der Waals surface area contributed by atoms with Gasteiger partial charge >= 0.3 is 0 Å². The summed E-state index contributed by atoms with van der Waals surface area (Å²) in [6.07, 6.45) is 4.04. The summed E-state index contributed by atoms with van der Waals surface area (Å²) in [7, 11) is -3.13. The molecule has 1 saturated heterocycles. The third kappa shape index (κ3) is 4.49. The topological polar surface area (TPSA) is 66.5 Å². The Morgan fingerprint density at radius 1 is 1.38 bits per heavy atom. The number of hydrogen-bond donors (Lipinski definition) is 1. The van der Waals surface area contributed by atoms with E-state index in [9.17, 15) is 13.2 Å². The number of nitrogens with zero attached hydrogens (tertiary/aromatic N) is 1. The minimum absolute atomic E-state index is 0.0133. The van der Waals surface area contributed by atoms with E-state index in [-0.39, 0.29) is 11.9 Å². The van der Waals surface area contributed by atoms with Crippen LogP contribution in [0.15, 0.2) is 0 Å². The van der Waals surface area contributed by atoms with Gasteiger partial charge in [0, 0.05) is 25.6 Å². The highest BCUT2D eigenvalue weighted by atomic mass is 32.2. The summed E-state index contributed by atoms with van der Waals surface area (Å²) in [5.41, 5.74) is 0. The summed E-state index contributed by atoms with van der Waals surface area (Å²) in [6, 6.07) is -0.0133. The molecule has 0 unspecified atom stereocenters. The SMILES string of the molecule is CCCC(=O)N1CCC(NS(C)(=O)=O)CC1. The predicted molar refractivity (Wildman–Crippen MR) is 62.5 cm³/mol. The first-order valence-electron chi connectivity index (χ1n) is 5.67. The first-order valence-corrected chi connectivity index (χ1v) is 7.56. The van der Waals surface area contributed by atoms with E-state index in [0.717, 1.165) is 6.42 Å². The van der Waals surface area contributed by atoms with Crippen LogP contribution in [0.4, 0.5) is 0 Å². The largest absolute Gasteiger partial charge is 0.343 e. The van der Waals surface area contributed by atoms with Crippen LogP contribution >= 0.6 is 0 Å². The van der Waals surface area contributed by atoms with Crippen LogP contribution in [0.25, 0.3) is 0 Å². The molecule has 1 fully saturated rings. The molecule has 0 aliphatic carbocycles. The van der Waals surface area contributed by atoms with Crippen LogP contribution in [0.3, 0.4) is 0 Å². The maximum absolute atomic E-state index is 11.6. The summed E-state index contributed by atoms with van der Waals surface area (Å²) >= 11 is 0. The highest BCUT2D eigenvalue weighted by molar-refractivity contribution is 7.88. The molecule has 5 nitrogen and oxygen atoms in total. The van der Waals surface area contributed by atoms with Crippen LogP contribution in [0.2, 0.25) is 0 Å². The maximum Gasteiger partial charge on any atom is 0.222 e. The van der Waals surface area contributed by atoms with Crippen molar-refractivity contribution in [1.29, 1.82) is 0 Å². The quantitative estimate of drug-likeness (QED) is 0.779. The van der Waals surface area contributed by atoms with Crippen molar-refractivity contribution >= 4 is 15.9 Å². The molecule has 0 atom stereocenters. The van der Waals surface area contributed by atoms with Gasteiger partial charge in [-0.3, -0.25) is 4.79 Å². The zero-order valence-electron chi connectivity index (χ0n) is 9.90. The zero-order valence-corrected chi connectivity index (χ0v) is 10.7. The van der Waals surface area contributed by atoms with Crippen LogP contribution in [0.5, 0.6) is 0 Å². The third-order valence-corrected chi connectivity index (χ3v) is 3.45. The smallest absolute Gasteiger partial charge is 0.222 e. The molecular formula is C10H20N2O3S. The fraction of sp³-hybridized carbons (Fsp3) is 0.900. The Labute approximate surface area is 97.2 Å². The lowest BCUT2D eigenvalue weighted by molar-refractivity contribution is -0.132. The van der Waals surface area contributed by atoms with E-state index in [4.69, 9.17) is 0 Å². The van der Waals surface area contributed by atoms with Gasteiger partial charge in [0.25, 0.3) is 0 Å². The molecule has 16 heavy (non-hydrogen) atoms. The minimum Gasteiger partial charge on any atom is -0.343 e. The van der Waals surface area contributed by atoms with E-state index in [1.807, 2.05) is 11.8 Å². The van der Waals surface area contributed by atoms with Crippen molar-refractivity contribution in [3.8, 4) is 0 Å². The standard InChI is InChI=1S/C10H20N2O3S/c1-3-4-10(13)12-7-5-9(6-8-12)11-16(2,14)15/h9,11H,3-8H2,1-2H3. The molecule has 0 aromatic carbocycles. The van der Waals surface area contributed by atoms with Crippen molar-refractivity contribution < 1.29 is 13.2 Å². The number of hydrogen-bond acceptors (Lipinski definition) is 3. The molecule has 1 N–H and O–H groups in total. The highest BCUT2D eigenvalue weighted by Gasteiger charge is 2.23. The van der Waals surface area contributed by atoms with Crippen molar-refractivity contribution in [2.45, 2.75) is 38.6 Å². The number of carbonyl (C=O) groups is 1. The molecule has 0 aromatic rings. The number of piperidine rings is 1. The lowest BCUT2D eigenvalue weighted by Crippen LogP contribution is -2.46. The Morgan fingerprint density at radius 2 is 1.94 bits per heavy atom. The number of nitrogens with one attached hydrogen (secondary N) is 1. The summed E-state index contributed by atoms with van der Waals surface area (Å²) in [4.78, 5) is 13.4. The Bertz CT molecular complexity index is 332. The van der Waals surface area contributed by atoms with Crippen LogP contribution in [0, 0.1) is 0 Å². The van der Waals surface area contributed by atoms with Gasteiger partial charge in [0.15, 0.2) is 0 Å². The van der Waals surface area contributed by atoms with E-state index in [2.05, 4.69) is 4.72 Å². The first kappa shape index (κ1) is 13.4. The summed E-state index contributed by atoms with van der Waals surface area (Å²) in [6.45, 7) is 3.30. The van der Waals surface area contributed by atoms with E-state index in [1.165, 1.54) is 6.26 Å². The zero-order chi connectivity index (χ0) is 12.2. The molecule has 1 aliphatic rings. The predicted octanol–water partition coefficient (Wildman–Crippen LogP) is 0.327. The lowest BCUT2D eigenvalue weighted by atomic mass is 10.1. The molecular weight excluding hydrogens is 228 g/mol. The second kappa shape index (κ2) is 5.63. The van der Waals surface area contributed by atoms with E-state index in [0.29, 0.717) is 32.4 Å². The van der Waals surface area contributed by atoms with Gasteiger partial charge in [-0.2, -0.15) is 0 Å². The summed E-state index contributed by atoms with van der Waals surface area (Å²) in [5.74, 6) is 0.181. The van der Waals surface area contributed by atoms with Crippen molar-refractivity contribution in [1.82, 2.24) is 9.62 Å². The van der Waals surface area contributed by atoms with Crippen LogP contribution in [-0.2, 0) is 14.8 Å². The van der Waals surface area contributed by atoms with Crippen LogP contribution in [0.1, 0.15) is 32.6 Å². The molecule has 0 aromatic heterocycles. The van der Waals surface area contributed by atoms with Crippen LogP contribution < -0.4 is 4.72 Å². The molecule has 1 heterocycles.